The fraction of sp³-hybridized carbons (Fsp3) is 0.286. The molecule has 0 atom stereocenters. The molecule has 0 amide bonds. The smallest absolute Gasteiger partial charge is 0.289 e. The van der Waals surface area contributed by atoms with Gasteiger partial charge in [0.25, 0.3) is 11.1 Å². The minimum Gasteiger partial charge on any atom is -0.508 e. The standard InChI is InChI=1S/C14H15ClN2O3.C8H10Cl2N2O.C6H6O2/c1-14(2,3)17-13(19)12(15)11(8-16-17)20-10-6-4-9(18)5-7-10;1-8(2,3)12-7(13)6(10)5(9)4-11-12;7-5-1-2-6(8)4-3-5/h4-8,18H,1-3H3;4H,1-3H3;1-4,7-8H. The van der Waals surface area contributed by atoms with E-state index in [1.165, 1.54) is 58.2 Å². The van der Waals surface area contributed by atoms with Crippen LogP contribution in [0.3, 0.4) is 0 Å². The molecule has 0 unspecified atom stereocenters. The van der Waals surface area contributed by atoms with Gasteiger partial charge in [0.1, 0.15) is 28.0 Å². The van der Waals surface area contributed by atoms with Crippen LogP contribution in [0.1, 0.15) is 41.5 Å². The summed E-state index contributed by atoms with van der Waals surface area (Å²) in [4.78, 5) is 23.6. The first-order chi connectivity index (χ1) is 18.9. The van der Waals surface area contributed by atoms with Crippen molar-refractivity contribution in [3.63, 3.8) is 0 Å². The molecule has 0 aliphatic heterocycles. The van der Waals surface area contributed by atoms with Crippen molar-refractivity contribution in [2.45, 2.75) is 52.6 Å². The third-order valence-corrected chi connectivity index (χ3v) is 6.04. The molecule has 0 bridgehead atoms. The molecule has 0 spiro atoms. The van der Waals surface area contributed by atoms with E-state index in [-0.39, 0.29) is 49.2 Å². The van der Waals surface area contributed by atoms with E-state index in [1.807, 2.05) is 41.5 Å². The highest BCUT2D eigenvalue weighted by molar-refractivity contribution is 6.41. The van der Waals surface area contributed by atoms with Crippen LogP contribution in [0, 0.1) is 0 Å². The van der Waals surface area contributed by atoms with Gasteiger partial charge in [-0.3, -0.25) is 9.59 Å². The number of rotatable bonds is 2. The van der Waals surface area contributed by atoms with Crippen LogP contribution in [0.4, 0.5) is 0 Å². The third-order valence-electron chi connectivity index (χ3n) is 4.95. The largest absolute Gasteiger partial charge is 0.508 e. The van der Waals surface area contributed by atoms with Gasteiger partial charge in [-0.1, -0.05) is 34.8 Å². The Morgan fingerprint density at radius 2 is 1.00 bits per heavy atom. The van der Waals surface area contributed by atoms with Gasteiger partial charge < -0.3 is 20.1 Å². The molecule has 0 aliphatic rings. The highest BCUT2D eigenvalue weighted by Crippen LogP contribution is 2.27. The van der Waals surface area contributed by atoms with Gasteiger partial charge in [0.15, 0.2) is 10.8 Å². The maximum Gasteiger partial charge on any atom is 0.289 e. The summed E-state index contributed by atoms with van der Waals surface area (Å²) in [5, 5.41) is 34.6. The van der Waals surface area contributed by atoms with Gasteiger partial charge in [0.2, 0.25) is 0 Å². The van der Waals surface area contributed by atoms with Crippen molar-refractivity contribution in [2.24, 2.45) is 0 Å². The van der Waals surface area contributed by atoms with Crippen molar-refractivity contribution in [1.29, 1.82) is 0 Å². The van der Waals surface area contributed by atoms with Crippen molar-refractivity contribution in [2.75, 3.05) is 0 Å². The molecule has 41 heavy (non-hydrogen) atoms. The summed E-state index contributed by atoms with van der Waals surface area (Å²) in [6, 6.07) is 11.8. The normalized spacial score (nSPS) is 11.0. The summed E-state index contributed by atoms with van der Waals surface area (Å²) >= 11 is 17.3. The van der Waals surface area contributed by atoms with E-state index >= 15 is 0 Å². The minimum absolute atomic E-state index is 0.0200. The predicted octanol–water partition coefficient (Wildman–Crippen LogP) is 6.55. The van der Waals surface area contributed by atoms with Crippen LogP contribution >= 0.6 is 34.8 Å². The zero-order valence-corrected chi connectivity index (χ0v) is 25.5. The zero-order valence-electron chi connectivity index (χ0n) is 23.3. The van der Waals surface area contributed by atoms with Crippen molar-refractivity contribution in [3.05, 3.63) is 96.7 Å². The first-order valence-corrected chi connectivity index (χ1v) is 13.2. The lowest BCUT2D eigenvalue weighted by molar-refractivity contribution is 0.333. The number of aromatic hydroxyl groups is 3. The molecule has 10 nitrogen and oxygen atoms in total. The Kier molecular flexibility index (Phi) is 11.2. The van der Waals surface area contributed by atoms with Gasteiger partial charge in [-0.15, -0.1) is 0 Å². The lowest BCUT2D eigenvalue weighted by Crippen LogP contribution is -2.36. The lowest BCUT2D eigenvalue weighted by Gasteiger charge is -2.21. The van der Waals surface area contributed by atoms with Crippen molar-refractivity contribution < 1.29 is 20.1 Å². The first-order valence-electron chi connectivity index (χ1n) is 12.1. The van der Waals surface area contributed by atoms with Crippen LogP contribution in [0.25, 0.3) is 0 Å². The van der Waals surface area contributed by atoms with E-state index in [1.54, 1.807) is 12.1 Å². The molecule has 4 rings (SSSR count). The number of nitrogens with zero attached hydrogens (tertiary/aromatic N) is 4. The molecule has 0 fully saturated rings. The van der Waals surface area contributed by atoms with Gasteiger partial charge in [-0.05, 0) is 90.1 Å². The SMILES string of the molecule is CC(C)(C)n1ncc(Cl)c(Cl)c1=O.CC(C)(C)n1ncc(Oc2ccc(O)cc2)c(Cl)c1=O.Oc1ccc(O)cc1. The number of hydrogen-bond donors (Lipinski definition) is 3. The van der Waals surface area contributed by atoms with Crippen molar-refractivity contribution in [3.8, 4) is 28.7 Å². The van der Waals surface area contributed by atoms with Crippen LogP contribution in [-0.4, -0.2) is 34.9 Å². The highest BCUT2D eigenvalue weighted by atomic mass is 35.5. The van der Waals surface area contributed by atoms with Crippen LogP contribution in [0.2, 0.25) is 15.1 Å². The molecule has 0 radical (unpaired) electrons. The predicted molar refractivity (Wildman–Crippen MR) is 160 cm³/mol. The van der Waals surface area contributed by atoms with Gasteiger partial charge in [-0.2, -0.15) is 10.2 Å². The molecule has 13 heteroatoms. The molecule has 2 aromatic carbocycles. The van der Waals surface area contributed by atoms with E-state index in [0.717, 1.165) is 0 Å². The maximum atomic E-state index is 12.1. The number of benzene rings is 2. The number of phenols is 3. The first kappa shape index (κ1) is 33.5. The van der Waals surface area contributed by atoms with E-state index in [2.05, 4.69) is 10.2 Å². The Morgan fingerprint density at radius 3 is 1.41 bits per heavy atom. The van der Waals surface area contributed by atoms with Crippen molar-refractivity contribution >= 4 is 34.8 Å². The van der Waals surface area contributed by atoms with E-state index in [0.29, 0.717) is 5.75 Å². The number of phenolic OH excluding ortho intramolecular Hbond substituents is 3. The van der Waals surface area contributed by atoms with Gasteiger partial charge >= 0.3 is 0 Å². The molecule has 0 saturated carbocycles. The quantitative estimate of drug-likeness (QED) is 0.213. The molecule has 2 aromatic heterocycles. The Hall–Kier alpha value is -3.73. The van der Waals surface area contributed by atoms with Crippen LogP contribution in [-0.2, 0) is 11.1 Å². The third kappa shape index (κ3) is 9.70. The van der Waals surface area contributed by atoms with Crippen molar-refractivity contribution in [1.82, 2.24) is 19.6 Å². The summed E-state index contributed by atoms with van der Waals surface area (Å²) in [5.41, 5.74) is -1.61. The summed E-state index contributed by atoms with van der Waals surface area (Å²) in [6.45, 7) is 11.2. The molecule has 0 aliphatic carbocycles. The minimum atomic E-state index is -0.461. The fourth-order valence-corrected chi connectivity index (χ4v) is 3.37. The second kappa shape index (κ2) is 13.8. The average Bonchev–Trinajstić information content (AvgIpc) is 2.88. The fourth-order valence-electron chi connectivity index (χ4n) is 2.95. The van der Waals surface area contributed by atoms with Crippen LogP contribution < -0.4 is 15.9 Å². The van der Waals surface area contributed by atoms with E-state index < -0.39 is 11.1 Å². The summed E-state index contributed by atoms with van der Waals surface area (Å²) in [6.07, 6.45) is 2.78. The Morgan fingerprint density at radius 1 is 0.634 bits per heavy atom. The topological polar surface area (TPSA) is 140 Å². The summed E-state index contributed by atoms with van der Waals surface area (Å²) < 4.78 is 8.11. The second-order valence-electron chi connectivity index (χ2n) is 10.5. The monoisotopic (exact) mass is 624 g/mol. The second-order valence-corrected chi connectivity index (χ2v) is 11.7. The molecule has 220 valence electrons. The van der Waals surface area contributed by atoms with E-state index in [4.69, 9.17) is 49.8 Å². The average molecular weight is 626 g/mol. The van der Waals surface area contributed by atoms with Gasteiger partial charge in [-0.25, -0.2) is 9.36 Å². The number of halogens is 3. The summed E-state index contributed by atoms with van der Waals surface area (Å²) in [5.74, 6) is 1.11. The maximum absolute atomic E-state index is 12.1. The molecular formula is C28H31Cl3N4O6. The Balaban J connectivity index is 0.000000239. The molecular weight excluding hydrogens is 595 g/mol. The van der Waals surface area contributed by atoms with Gasteiger partial charge in [0, 0.05) is 0 Å². The Bertz CT molecular complexity index is 1550. The molecule has 4 aromatic rings. The molecule has 3 N–H and O–H groups in total. The number of hydrogen-bond acceptors (Lipinski definition) is 8. The molecule has 0 saturated heterocycles. The Labute approximate surface area is 251 Å². The number of ether oxygens (including phenoxy) is 1. The van der Waals surface area contributed by atoms with E-state index in [9.17, 15) is 14.7 Å². The van der Waals surface area contributed by atoms with Crippen LogP contribution in [0.5, 0.6) is 28.7 Å². The highest BCUT2D eigenvalue weighted by Gasteiger charge is 2.20. The lowest BCUT2D eigenvalue weighted by atomic mass is 10.1. The number of aromatic nitrogens is 4. The molecule has 2 heterocycles. The van der Waals surface area contributed by atoms with Crippen LogP contribution in [0.15, 0.2) is 70.5 Å². The zero-order chi connectivity index (χ0) is 31.1. The summed E-state index contributed by atoms with van der Waals surface area (Å²) in [7, 11) is 0. The van der Waals surface area contributed by atoms with Gasteiger partial charge in [0.05, 0.1) is 28.5 Å².